The van der Waals surface area contributed by atoms with Gasteiger partial charge in [-0.1, -0.05) is 0 Å². The first-order valence-electron chi connectivity index (χ1n) is 6.30. The Balaban J connectivity index is 2.36. The lowest BCUT2D eigenvalue weighted by atomic mass is 9.98. The Morgan fingerprint density at radius 2 is 2.00 bits per heavy atom. The van der Waals surface area contributed by atoms with Gasteiger partial charge < -0.3 is 9.73 Å². The van der Waals surface area contributed by atoms with Gasteiger partial charge in [0.05, 0.1) is 4.47 Å². The molecule has 0 spiro atoms. The largest absolute Gasteiger partial charge is 0.466 e. The van der Waals surface area contributed by atoms with Crippen LogP contribution >= 0.6 is 15.9 Å². The van der Waals surface area contributed by atoms with Crippen molar-refractivity contribution in [2.24, 2.45) is 0 Å². The zero-order chi connectivity index (χ0) is 14.9. The van der Waals surface area contributed by atoms with Gasteiger partial charge in [0.25, 0.3) is 0 Å². The minimum absolute atomic E-state index is 0.0666. The smallest absolute Gasteiger partial charge is 0.143 e. The molecule has 0 aliphatic heterocycles. The van der Waals surface area contributed by atoms with Crippen LogP contribution in [0.5, 0.6) is 0 Å². The van der Waals surface area contributed by atoms with Crippen LogP contribution in [0.4, 0.5) is 8.78 Å². The lowest BCUT2D eigenvalue weighted by Crippen LogP contribution is -2.20. The number of furan rings is 1. The summed E-state index contributed by atoms with van der Waals surface area (Å²) in [5, 5.41) is 3.09. The van der Waals surface area contributed by atoms with Gasteiger partial charge >= 0.3 is 0 Å². The van der Waals surface area contributed by atoms with Crippen LogP contribution in [0.15, 0.2) is 27.1 Å². The lowest BCUT2D eigenvalue weighted by molar-refractivity contribution is 0.481. The second-order valence-electron chi connectivity index (χ2n) is 4.74. The van der Waals surface area contributed by atoms with Crippen molar-refractivity contribution < 1.29 is 13.2 Å². The third-order valence-electron chi connectivity index (χ3n) is 3.35. The van der Waals surface area contributed by atoms with Crippen LogP contribution in [0, 0.1) is 25.5 Å². The van der Waals surface area contributed by atoms with Crippen molar-refractivity contribution >= 4 is 15.9 Å². The number of benzene rings is 1. The van der Waals surface area contributed by atoms with E-state index in [-0.39, 0.29) is 22.5 Å². The molecule has 0 radical (unpaired) electrons. The summed E-state index contributed by atoms with van der Waals surface area (Å²) < 4.78 is 33.6. The van der Waals surface area contributed by atoms with E-state index in [0.717, 1.165) is 17.1 Å². The van der Waals surface area contributed by atoms with Gasteiger partial charge in [0, 0.05) is 17.2 Å². The van der Waals surface area contributed by atoms with Crippen molar-refractivity contribution in [1.82, 2.24) is 5.32 Å². The van der Waals surface area contributed by atoms with E-state index in [1.807, 2.05) is 19.9 Å². The van der Waals surface area contributed by atoms with E-state index in [4.69, 9.17) is 4.42 Å². The van der Waals surface area contributed by atoms with Gasteiger partial charge in [-0.15, -0.1) is 0 Å². The number of hydrogen-bond acceptors (Lipinski definition) is 2. The summed E-state index contributed by atoms with van der Waals surface area (Å²) in [6, 6.07) is 4.33. The molecule has 0 saturated heterocycles. The van der Waals surface area contributed by atoms with Gasteiger partial charge in [0.1, 0.15) is 23.2 Å². The van der Waals surface area contributed by atoms with Crippen LogP contribution in [0.3, 0.4) is 0 Å². The molecule has 0 bridgehead atoms. The predicted octanol–water partition coefficient (Wildman–Crippen LogP) is 4.44. The zero-order valence-electron chi connectivity index (χ0n) is 11.6. The summed E-state index contributed by atoms with van der Waals surface area (Å²) in [7, 11) is 1.76. The average molecular weight is 344 g/mol. The van der Waals surface area contributed by atoms with E-state index in [9.17, 15) is 8.78 Å². The monoisotopic (exact) mass is 343 g/mol. The maximum absolute atomic E-state index is 14.0. The Bertz CT molecular complexity index is 625. The zero-order valence-corrected chi connectivity index (χ0v) is 13.1. The van der Waals surface area contributed by atoms with E-state index >= 15 is 0 Å². The molecule has 0 aliphatic rings. The number of aryl methyl sites for hydroxylation is 2. The van der Waals surface area contributed by atoms with Crippen LogP contribution in [0.25, 0.3) is 0 Å². The van der Waals surface area contributed by atoms with Crippen molar-refractivity contribution in [3.63, 3.8) is 0 Å². The normalized spacial score (nSPS) is 12.7. The minimum atomic E-state index is -0.553. The topological polar surface area (TPSA) is 25.2 Å². The number of rotatable bonds is 4. The van der Waals surface area contributed by atoms with Gasteiger partial charge in [-0.25, -0.2) is 8.78 Å². The fourth-order valence-corrected chi connectivity index (χ4v) is 2.70. The van der Waals surface area contributed by atoms with Gasteiger partial charge in [-0.3, -0.25) is 0 Å². The summed E-state index contributed by atoms with van der Waals surface area (Å²) in [5.41, 5.74) is 0.987. The molecule has 0 fully saturated rings. The van der Waals surface area contributed by atoms with Crippen LogP contribution in [0.1, 0.15) is 28.7 Å². The highest BCUT2D eigenvalue weighted by Gasteiger charge is 2.21. The first-order chi connectivity index (χ1) is 9.43. The summed E-state index contributed by atoms with van der Waals surface area (Å²) in [5.74, 6) is 0.456. The van der Waals surface area contributed by atoms with Crippen LogP contribution in [0.2, 0.25) is 0 Å². The molecular formula is C15H16BrF2NO. The summed E-state index contributed by atoms with van der Waals surface area (Å²) in [6.45, 7) is 3.70. The lowest BCUT2D eigenvalue weighted by Gasteiger charge is -2.17. The average Bonchev–Trinajstić information content (AvgIpc) is 2.74. The maximum atomic E-state index is 14.0. The van der Waals surface area contributed by atoms with E-state index < -0.39 is 11.6 Å². The third-order valence-corrected chi connectivity index (χ3v) is 3.96. The van der Waals surface area contributed by atoms with Gasteiger partial charge in [0.15, 0.2) is 0 Å². The summed E-state index contributed by atoms with van der Waals surface area (Å²) in [6.07, 6.45) is 0.216. The van der Waals surface area contributed by atoms with E-state index in [1.165, 1.54) is 12.1 Å². The number of halogens is 3. The fraction of sp³-hybridized carbons (Fsp3) is 0.333. The molecule has 1 heterocycles. The second-order valence-corrected chi connectivity index (χ2v) is 5.59. The molecule has 2 aromatic rings. The first kappa shape index (κ1) is 15.2. The predicted molar refractivity (Wildman–Crippen MR) is 77.7 cm³/mol. The van der Waals surface area contributed by atoms with Gasteiger partial charge in [0.2, 0.25) is 0 Å². The highest BCUT2D eigenvalue weighted by atomic mass is 79.9. The summed E-state index contributed by atoms with van der Waals surface area (Å²) in [4.78, 5) is 0. The number of nitrogens with one attached hydrogen (secondary N) is 1. The van der Waals surface area contributed by atoms with Gasteiger partial charge in [-0.05, 0) is 61.4 Å². The Hall–Kier alpha value is -1.20. The molecule has 2 nitrogen and oxygen atoms in total. The van der Waals surface area contributed by atoms with Crippen molar-refractivity contribution in [3.8, 4) is 0 Å². The fourth-order valence-electron chi connectivity index (χ4n) is 2.32. The number of hydrogen-bond donors (Lipinski definition) is 1. The quantitative estimate of drug-likeness (QED) is 0.830. The molecule has 1 atom stereocenters. The Morgan fingerprint density at radius 1 is 1.30 bits per heavy atom. The van der Waals surface area contributed by atoms with E-state index in [0.29, 0.717) is 0 Å². The molecule has 2 rings (SSSR count). The van der Waals surface area contributed by atoms with E-state index in [2.05, 4.69) is 21.2 Å². The minimum Gasteiger partial charge on any atom is -0.466 e. The third kappa shape index (κ3) is 2.94. The highest BCUT2D eigenvalue weighted by molar-refractivity contribution is 9.10. The molecular weight excluding hydrogens is 328 g/mol. The molecule has 0 aliphatic carbocycles. The van der Waals surface area contributed by atoms with Crippen LogP contribution in [-0.4, -0.2) is 7.05 Å². The molecule has 1 aromatic carbocycles. The second kappa shape index (κ2) is 6.06. The highest BCUT2D eigenvalue weighted by Crippen LogP contribution is 2.29. The molecule has 1 N–H and O–H groups in total. The maximum Gasteiger partial charge on any atom is 0.143 e. The van der Waals surface area contributed by atoms with Crippen molar-refractivity contribution in [3.05, 3.63) is 57.0 Å². The molecule has 0 saturated carbocycles. The van der Waals surface area contributed by atoms with Crippen molar-refractivity contribution in [2.45, 2.75) is 26.3 Å². The summed E-state index contributed by atoms with van der Waals surface area (Å²) >= 11 is 3.09. The Morgan fingerprint density at radius 3 is 2.55 bits per heavy atom. The first-order valence-corrected chi connectivity index (χ1v) is 7.10. The standard InChI is InChI=1S/C15H16BrF2NO/c1-8-6-10(9(2)20-8)14(19-3)7-11-13(17)5-4-12(16)15(11)18/h4-6,14,19H,7H2,1-3H3. The van der Waals surface area contributed by atoms with Crippen LogP contribution < -0.4 is 5.32 Å². The molecule has 5 heteroatoms. The Kier molecular flexibility index (Phi) is 4.60. The Labute approximate surface area is 125 Å². The van der Waals surface area contributed by atoms with Crippen molar-refractivity contribution in [1.29, 1.82) is 0 Å². The molecule has 20 heavy (non-hydrogen) atoms. The molecule has 1 aromatic heterocycles. The SMILES string of the molecule is CNC(Cc1c(F)ccc(Br)c1F)c1cc(C)oc1C. The van der Waals surface area contributed by atoms with E-state index in [1.54, 1.807) is 7.05 Å². The molecule has 0 amide bonds. The molecule has 1 unspecified atom stereocenters. The van der Waals surface area contributed by atoms with Crippen molar-refractivity contribution in [2.75, 3.05) is 7.05 Å². The number of likely N-dealkylation sites (N-methyl/N-ethyl adjacent to an activating group) is 1. The van der Waals surface area contributed by atoms with Crippen LogP contribution in [-0.2, 0) is 6.42 Å². The molecule has 108 valence electrons. The van der Waals surface area contributed by atoms with Gasteiger partial charge in [-0.2, -0.15) is 0 Å².